The van der Waals surface area contributed by atoms with E-state index >= 15 is 0 Å². The molecule has 0 amide bonds. The summed E-state index contributed by atoms with van der Waals surface area (Å²) in [6.45, 7) is 11.4. The van der Waals surface area contributed by atoms with Gasteiger partial charge in [0.1, 0.15) is 0 Å². The second kappa shape index (κ2) is 2.80. The molecule has 0 aliphatic rings. The van der Waals surface area contributed by atoms with Gasteiger partial charge in [0.2, 0.25) is 0 Å². The monoisotopic (exact) mass is 216 g/mol. The van der Waals surface area contributed by atoms with Crippen molar-refractivity contribution in [1.29, 1.82) is 0 Å². The summed E-state index contributed by atoms with van der Waals surface area (Å²) in [5.41, 5.74) is 1.90. The van der Waals surface area contributed by atoms with Crippen LogP contribution in [0.1, 0.15) is 35.2 Å². The fourth-order valence-corrected chi connectivity index (χ4v) is 3.66. The van der Waals surface area contributed by atoms with E-state index in [-0.39, 0.29) is 0 Å². The van der Waals surface area contributed by atoms with Gasteiger partial charge in [-0.05, 0) is 0 Å². The van der Waals surface area contributed by atoms with E-state index < -0.39 is 0 Å². The van der Waals surface area contributed by atoms with Gasteiger partial charge in [-0.3, -0.25) is 0 Å². The van der Waals surface area contributed by atoms with Crippen LogP contribution in [0.5, 0.6) is 0 Å². The van der Waals surface area contributed by atoms with E-state index in [2.05, 4.69) is 40.7 Å². The molecule has 0 bridgehead atoms. The van der Waals surface area contributed by atoms with E-state index in [0.717, 1.165) is 0 Å². The molecule has 0 N–H and O–H groups in total. The normalized spacial score (nSPS) is 12.1. The van der Waals surface area contributed by atoms with Crippen LogP contribution >= 0.6 is 0 Å². The SMILES string of the molecule is Cc1cc(C)c(C(C)(C)C)[se]1. The van der Waals surface area contributed by atoms with Crippen molar-refractivity contribution in [1.82, 2.24) is 0 Å². The maximum absolute atomic E-state index is 2.33. The molecule has 0 fully saturated rings. The zero-order valence-electron chi connectivity index (χ0n) is 7.99. The third-order valence-electron chi connectivity index (χ3n) is 1.72. The first kappa shape index (κ1) is 9.09. The van der Waals surface area contributed by atoms with Crippen LogP contribution in [0.15, 0.2) is 6.07 Å². The standard InChI is InChI=1S/C10H16Se/c1-7-6-8(2)11-9(7)10(3,4)5/h6H,1-5H3. The van der Waals surface area contributed by atoms with E-state index in [1.165, 1.54) is 5.56 Å². The molecule has 0 aliphatic carbocycles. The first-order valence-electron chi connectivity index (χ1n) is 3.99. The predicted molar refractivity (Wildman–Crippen MR) is 51.6 cm³/mol. The average Bonchev–Trinajstić information content (AvgIpc) is 2.08. The number of rotatable bonds is 0. The van der Waals surface area contributed by atoms with Crippen LogP contribution in [0.4, 0.5) is 0 Å². The zero-order valence-corrected chi connectivity index (χ0v) is 9.70. The summed E-state index contributed by atoms with van der Waals surface area (Å²) in [6.07, 6.45) is 0. The summed E-state index contributed by atoms with van der Waals surface area (Å²) in [5, 5.41) is 0. The maximum atomic E-state index is 2.33. The van der Waals surface area contributed by atoms with Crippen LogP contribution in [0.25, 0.3) is 0 Å². The molecule has 0 saturated heterocycles. The Hall–Kier alpha value is -0.000519. The number of hydrogen-bond donors (Lipinski definition) is 0. The Balaban J connectivity index is 3.13. The Bertz CT molecular complexity index is 250. The molecule has 1 rings (SSSR count). The topological polar surface area (TPSA) is 0 Å². The summed E-state index contributed by atoms with van der Waals surface area (Å²) in [6, 6.07) is 2.33. The fraction of sp³-hybridized carbons (Fsp3) is 0.600. The van der Waals surface area contributed by atoms with Crippen molar-refractivity contribution in [2.45, 2.75) is 40.0 Å². The third kappa shape index (κ3) is 1.98. The molecule has 0 spiro atoms. The summed E-state index contributed by atoms with van der Waals surface area (Å²) in [7, 11) is 0. The van der Waals surface area contributed by atoms with E-state index in [1.54, 1.807) is 8.87 Å². The predicted octanol–water partition coefficient (Wildman–Crippen LogP) is 2.66. The Kier molecular flexibility index (Phi) is 2.32. The minimum atomic E-state index is 0.387. The summed E-state index contributed by atoms with van der Waals surface area (Å²) < 4.78 is 3.24. The van der Waals surface area contributed by atoms with E-state index in [4.69, 9.17) is 0 Å². The molecule has 0 atom stereocenters. The summed E-state index contributed by atoms with van der Waals surface area (Å²) in [4.78, 5) is 0. The van der Waals surface area contributed by atoms with Gasteiger partial charge in [-0.15, -0.1) is 0 Å². The van der Waals surface area contributed by atoms with Crippen molar-refractivity contribution in [3.8, 4) is 0 Å². The Morgan fingerprint density at radius 3 is 1.91 bits per heavy atom. The van der Waals surface area contributed by atoms with Crippen molar-refractivity contribution in [2.24, 2.45) is 0 Å². The fourth-order valence-electron chi connectivity index (χ4n) is 1.39. The van der Waals surface area contributed by atoms with Crippen LogP contribution in [0, 0.1) is 13.8 Å². The second-order valence-electron chi connectivity index (χ2n) is 4.12. The van der Waals surface area contributed by atoms with Gasteiger partial charge in [0, 0.05) is 0 Å². The molecular weight excluding hydrogens is 199 g/mol. The van der Waals surface area contributed by atoms with Crippen LogP contribution in [-0.2, 0) is 5.41 Å². The van der Waals surface area contributed by atoms with Gasteiger partial charge < -0.3 is 0 Å². The first-order valence-corrected chi connectivity index (χ1v) is 5.70. The van der Waals surface area contributed by atoms with Crippen LogP contribution in [0.3, 0.4) is 0 Å². The van der Waals surface area contributed by atoms with Gasteiger partial charge in [-0.25, -0.2) is 0 Å². The van der Waals surface area contributed by atoms with E-state index in [0.29, 0.717) is 19.9 Å². The molecule has 1 aromatic heterocycles. The molecule has 0 nitrogen and oxygen atoms in total. The second-order valence-corrected chi connectivity index (χ2v) is 6.76. The molecule has 11 heavy (non-hydrogen) atoms. The van der Waals surface area contributed by atoms with E-state index in [1.807, 2.05) is 0 Å². The van der Waals surface area contributed by atoms with Crippen LogP contribution in [-0.4, -0.2) is 14.5 Å². The minimum absolute atomic E-state index is 0.387. The molecule has 62 valence electrons. The van der Waals surface area contributed by atoms with Crippen molar-refractivity contribution >= 4 is 14.5 Å². The first-order chi connectivity index (χ1) is 4.91. The summed E-state index contributed by atoms with van der Waals surface area (Å²) >= 11 is 0.641. The average molecular weight is 215 g/mol. The summed E-state index contributed by atoms with van der Waals surface area (Å²) in [5.74, 6) is 0. The molecule has 0 saturated carbocycles. The molecule has 1 aromatic rings. The van der Waals surface area contributed by atoms with Crippen molar-refractivity contribution < 1.29 is 0 Å². The van der Waals surface area contributed by atoms with Crippen molar-refractivity contribution in [3.63, 3.8) is 0 Å². The Morgan fingerprint density at radius 2 is 1.73 bits per heavy atom. The van der Waals surface area contributed by atoms with Gasteiger partial charge in [-0.2, -0.15) is 0 Å². The van der Waals surface area contributed by atoms with E-state index in [9.17, 15) is 0 Å². The molecular formula is C10H16Se. The van der Waals surface area contributed by atoms with Crippen LogP contribution in [0.2, 0.25) is 0 Å². The molecule has 1 heterocycles. The van der Waals surface area contributed by atoms with Gasteiger partial charge in [-0.1, -0.05) is 0 Å². The number of aryl methyl sites for hydroxylation is 2. The Morgan fingerprint density at radius 1 is 1.18 bits per heavy atom. The van der Waals surface area contributed by atoms with Crippen LogP contribution < -0.4 is 0 Å². The molecule has 0 aliphatic heterocycles. The van der Waals surface area contributed by atoms with Gasteiger partial charge >= 0.3 is 75.0 Å². The van der Waals surface area contributed by atoms with Gasteiger partial charge in [0.25, 0.3) is 0 Å². The van der Waals surface area contributed by atoms with Gasteiger partial charge in [0.15, 0.2) is 0 Å². The van der Waals surface area contributed by atoms with Gasteiger partial charge in [0.05, 0.1) is 0 Å². The van der Waals surface area contributed by atoms with Crippen molar-refractivity contribution in [3.05, 3.63) is 20.5 Å². The molecule has 0 aromatic carbocycles. The Labute approximate surface area is 75.4 Å². The third-order valence-corrected chi connectivity index (χ3v) is 5.03. The molecule has 1 heteroatoms. The number of hydrogen-bond acceptors (Lipinski definition) is 0. The zero-order chi connectivity index (χ0) is 8.65. The quantitative estimate of drug-likeness (QED) is 0.584. The molecule has 0 radical (unpaired) electrons. The van der Waals surface area contributed by atoms with Crippen molar-refractivity contribution in [2.75, 3.05) is 0 Å². The molecule has 0 unspecified atom stereocenters.